The molecule has 0 saturated heterocycles. The molecule has 0 radical (unpaired) electrons. The van der Waals surface area contributed by atoms with Crippen molar-refractivity contribution in [1.29, 1.82) is 5.26 Å². The maximum atomic E-state index is 9.82. The van der Waals surface area contributed by atoms with Gasteiger partial charge in [-0.1, -0.05) is 0 Å². The van der Waals surface area contributed by atoms with Crippen molar-refractivity contribution >= 4 is 12.4 Å². The van der Waals surface area contributed by atoms with Crippen molar-refractivity contribution in [3.63, 3.8) is 0 Å². The molecule has 106 valence electrons. The molecule has 0 aromatic carbocycles. The van der Waals surface area contributed by atoms with E-state index in [1.54, 1.807) is 27.1 Å². The third-order valence-electron chi connectivity index (χ3n) is 0.558. The van der Waals surface area contributed by atoms with Crippen LogP contribution in [0.4, 0.5) is 0 Å². The number of nitro groups is 1. The maximum Gasteiger partial charge on any atom is 0.302 e. The first kappa shape index (κ1) is 24.9. The van der Waals surface area contributed by atoms with Gasteiger partial charge in [0.25, 0.3) is 0 Å². The second-order valence-corrected chi connectivity index (χ2v) is 2.66. The van der Waals surface area contributed by atoms with Crippen molar-refractivity contribution in [3.8, 4) is 6.07 Å². The van der Waals surface area contributed by atoms with Gasteiger partial charge in [-0.05, 0) is 6.92 Å². The molecule has 0 fully saturated rings. The van der Waals surface area contributed by atoms with Crippen LogP contribution in [-0.2, 0) is 14.3 Å². The molecular formula is C10H21N3O5. The third-order valence-corrected chi connectivity index (χ3v) is 0.558. The van der Waals surface area contributed by atoms with Gasteiger partial charge in [-0.15, -0.1) is 0 Å². The van der Waals surface area contributed by atoms with Gasteiger partial charge in [0.05, 0.1) is 12.7 Å². The van der Waals surface area contributed by atoms with Gasteiger partial charge in [-0.25, -0.2) is 0 Å². The topological polar surface area (TPSA) is 114 Å². The van der Waals surface area contributed by atoms with E-state index >= 15 is 0 Å². The van der Waals surface area contributed by atoms with Crippen molar-refractivity contribution in [2.45, 2.75) is 20.8 Å². The summed E-state index contributed by atoms with van der Waals surface area (Å²) in [5.41, 5.74) is 0. The minimum absolute atomic E-state index is 0.211. The van der Waals surface area contributed by atoms with Gasteiger partial charge in [0, 0.05) is 32.9 Å². The first-order valence-electron chi connectivity index (χ1n) is 4.83. The van der Waals surface area contributed by atoms with E-state index in [0.29, 0.717) is 6.61 Å². The van der Waals surface area contributed by atoms with E-state index in [4.69, 9.17) is 15.4 Å². The van der Waals surface area contributed by atoms with Gasteiger partial charge in [-0.3, -0.25) is 19.7 Å². The van der Waals surface area contributed by atoms with Gasteiger partial charge in [0.2, 0.25) is 6.41 Å². The van der Waals surface area contributed by atoms with Crippen LogP contribution < -0.4 is 0 Å². The van der Waals surface area contributed by atoms with Crippen molar-refractivity contribution < 1.29 is 19.2 Å². The molecule has 0 bridgehead atoms. The van der Waals surface area contributed by atoms with Crippen LogP contribution in [0.15, 0.2) is 0 Å². The van der Waals surface area contributed by atoms with Crippen molar-refractivity contribution in [2.24, 2.45) is 0 Å². The van der Waals surface area contributed by atoms with Gasteiger partial charge in [0.15, 0.2) is 7.05 Å². The van der Waals surface area contributed by atoms with Crippen LogP contribution in [0, 0.1) is 21.4 Å². The summed E-state index contributed by atoms with van der Waals surface area (Å²) >= 11 is 0. The lowest BCUT2D eigenvalue weighted by atomic mass is 10.8. The van der Waals surface area contributed by atoms with Crippen molar-refractivity contribution in [3.05, 3.63) is 10.1 Å². The molecular weight excluding hydrogens is 242 g/mol. The summed E-state index contributed by atoms with van der Waals surface area (Å²) in [6.45, 7) is 5.08. The normalized spacial score (nSPS) is 6.28. The number of nitriles is 1. The fourth-order valence-corrected chi connectivity index (χ4v) is 0.203. The van der Waals surface area contributed by atoms with Crippen molar-refractivity contribution in [2.75, 3.05) is 27.7 Å². The zero-order valence-electron chi connectivity index (χ0n) is 11.7. The average molecular weight is 263 g/mol. The monoisotopic (exact) mass is 263 g/mol. The lowest BCUT2D eigenvalue weighted by Gasteiger charge is -1.93. The van der Waals surface area contributed by atoms with E-state index in [1.165, 1.54) is 18.7 Å². The maximum absolute atomic E-state index is 9.82. The summed E-state index contributed by atoms with van der Waals surface area (Å²) in [5.74, 6) is -0.211. The first-order valence-corrected chi connectivity index (χ1v) is 4.83. The van der Waals surface area contributed by atoms with Gasteiger partial charge < -0.3 is 9.64 Å². The average Bonchev–Trinajstić information content (AvgIpc) is 2.18. The number of carbonyl (C=O) groups excluding carboxylic acids is 2. The summed E-state index contributed by atoms with van der Waals surface area (Å²) in [5, 5.41) is 16.1. The highest BCUT2D eigenvalue weighted by atomic mass is 16.6. The van der Waals surface area contributed by atoms with Crippen molar-refractivity contribution in [1.82, 2.24) is 4.90 Å². The Morgan fingerprint density at radius 3 is 1.78 bits per heavy atom. The highest BCUT2D eigenvalue weighted by molar-refractivity contribution is 5.65. The standard InChI is InChI=1S/C4H8O2.C3H7NO.C2H3N.CH3NO2/c1-3-6-4(2)5;1-4(2)3-5;1-2-3;1-2(3)4/h3H2,1-2H3;3H,1-2H3;1H3;1H3. The lowest BCUT2D eigenvalue weighted by Crippen LogP contribution is -2.06. The van der Waals surface area contributed by atoms with E-state index in [-0.39, 0.29) is 5.97 Å². The van der Waals surface area contributed by atoms with Crippen LogP contribution in [0.25, 0.3) is 0 Å². The second-order valence-electron chi connectivity index (χ2n) is 2.66. The van der Waals surface area contributed by atoms with Gasteiger partial charge >= 0.3 is 5.97 Å². The molecule has 0 unspecified atom stereocenters. The number of esters is 1. The van der Waals surface area contributed by atoms with E-state index in [1.807, 2.05) is 0 Å². The fraction of sp³-hybridized carbons (Fsp3) is 0.700. The molecule has 0 atom stereocenters. The molecule has 0 heterocycles. The third kappa shape index (κ3) is 284. The molecule has 0 N–H and O–H groups in total. The molecule has 0 aliphatic rings. The smallest absolute Gasteiger partial charge is 0.302 e. The molecule has 1 amide bonds. The Morgan fingerprint density at radius 2 is 1.78 bits per heavy atom. The molecule has 18 heavy (non-hydrogen) atoms. The van der Waals surface area contributed by atoms with Crippen LogP contribution >= 0.6 is 0 Å². The molecule has 0 aromatic rings. The number of hydrogen-bond donors (Lipinski definition) is 0. The number of amides is 1. The molecule has 0 rings (SSSR count). The van der Waals surface area contributed by atoms with Crippen LogP contribution in [0.3, 0.4) is 0 Å². The van der Waals surface area contributed by atoms with E-state index in [9.17, 15) is 9.59 Å². The molecule has 8 nitrogen and oxygen atoms in total. The number of ether oxygens (including phenoxy) is 1. The van der Waals surface area contributed by atoms with Crippen LogP contribution in [-0.4, -0.2) is 50.0 Å². The zero-order valence-corrected chi connectivity index (χ0v) is 11.7. The first-order chi connectivity index (χ1) is 8.19. The second kappa shape index (κ2) is 24.2. The van der Waals surface area contributed by atoms with Gasteiger partial charge in [-0.2, -0.15) is 5.26 Å². The number of nitrogens with zero attached hydrogens (tertiary/aromatic N) is 3. The summed E-state index contributed by atoms with van der Waals surface area (Å²) in [6, 6.07) is 1.75. The minimum atomic E-state index is -0.500. The zero-order chi connectivity index (χ0) is 15.6. The highest BCUT2D eigenvalue weighted by Gasteiger charge is 1.81. The van der Waals surface area contributed by atoms with E-state index in [0.717, 1.165) is 13.5 Å². The summed E-state index contributed by atoms with van der Waals surface area (Å²) in [6.07, 6.45) is 0.750. The quantitative estimate of drug-likeness (QED) is 0.313. The predicted octanol–water partition coefficient (Wildman–Crippen LogP) is 0.697. The minimum Gasteiger partial charge on any atom is -0.466 e. The summed E-state index contributed by atoms with van der Waals surface area (Å²) < 4.78 is 4.40. The fourth-order valence-electron chi connectivity index (χ4n) is 0.203. The predicted molar refractivity (Wildman–Crippen MR) is 66.3 cm³/mol. The van der Waals surface area contributed by atoms with Crippen LogP contribution in [0.5, 0.6) is 0 Å². The Bertz CT molecular complexity index is 244. The molecule has 8 heteroatoms. The van der Waals surface area contributed by atoms with E-state index in [2.05, 4.69) is 4.74 Å². The summed E-state index contributed by atoms with van der Waals surface area (Å²) in [4.78, 5) is 29.0. The Balaban J connectivity index is -0.0000000750. The number of carbonyl (C=O) groups is 2. The molecule has 0 aromatic heterocycles. The number of hydrogen-bond acceptors (Lipinski definition) is 6. The Kier molecular flexibility index (Phi) is 33.4. The SMILES string of the molecule is CC#N.CCOC(C)=O.CN(C)C=O.C[N+](=O)[O-]. The largest absolute Gasteiger partial charge is 0.466 e. The van der Waals surface area contributed by atoms with E-state index < -0.39 is 4.92 Å². The van der Waals surface area contributed by atoms with Crippen LogP contribution in [0.2, 0.25) is 0 Å². The molecule has 0 spiro atoms. The molecule has 0 aliphatic carbocycles. The number of rotatable bonds is 2. The van der Waals surface area contributed by atoms with Gasteiger partial charge in [0.1, 0.15) is 0 Å². The Labute approximate surface area is 107 Å². The molecule has 0 saturated carbocycles. The lowest BCUT2D eigenvalue weighted by molar-refractivity contribution is -0.445. The van der Waals surface area contributed by atoms with Crippen LogP contribution in [0.1, 0.15) is 20.8 Å². The highest BCUT2D eigenvalue weighted by Crippen LogP contribution is 1.69. The summed E-state index contributed by atoms with van der Waals surface area (Å²) in [7, 11) is 4.26. The Hall–Kier alpha value is -2.17. The molecule has 0 aliphatic heterocycles. The Morgan fingerprint density at radius 1 is 1.56 bits per heavy atom.